The first-order valence-corrected chi connectivity index (χ1v) is 24.6. The van der Waals surface area contributed by atoms with Crippen LogP contribution in [0, 0.1) is 0 Å². The smallest absolute Gasteiger partial charge is 0.306 e. The lowest BCUT2D eigenvalue weighted by molar-refractivity contribution is -0.151. The Kier molecular flexibility index (Phi) is 43.7. The molecule has 0 fully saturated rings. The Bertz CT molecular complexity index is 1050. The van der Waals surface area contributed by atoms with Crippen LogP contribution in [0.15, 0.2) is 60.8 Å². The molecule has 0 saturated heterocycles. The standard InChI is InChI=1S/C52H93NO5/c1-4-7-10-13-16-19-22-24-26-28-30-33-36-39-42-45-52(57)58-48(43-40-37-34-31-29-27-25-23-20-17-14-11-8-5-2)46-51(56)53-49(47-54)50(55)44-41-38-35-32-21-18-15-12-9-6-3/h7,10,13,16,19,22,24,26-27,29,48-50,54-55H,4-6,8-9,11-12,14-15,17-18,20-21,23,25,28,30-47H2,1-3H3,(H,53,56)/b10-7+,16-13+,22-19+,26-24-,29-27+. The molecule has 3 unspecified atom stereocenters. The molecule has 0 aromatic heterocycles. The maximum absolute atomic E-state index is 13.2. The Hall–Kier alpha value is -2.44. The molecule has 3 N–H and O–H groups in total. The predicted molar refractivity (Wildman–Crippen MR) is 250 cm³/mol. The van der Waals surface area contributed by atoms with E-state index in [1.54, 1.807) is 0 Å². The minimum Gasteiger partial charge on any atom is -0.462 e. The Morgan fingerprint density at radius 1 is 0.517 bits per heavy atom. The average molecular weight is 812 g/mol. The molecular formula is C52H93NO5. The Balaban J connectivity index is 4.66. The van der Waals surface area contributed by atoms with Crippen LogP contribution in [0.5, 0.6) is 0 Å². The third-order valence-corrected chi connectivity index (χ3v) is 10.9. The van der Waals surface area contributed by atoms with Gasteiger partial charge in [-0.15, -0.1) is 0 Å². The molecule has 0 aliphatic carbocycles. The van der Waals surface area contributed by atoms with Crippen LogP contribution in [-0.2, 0) is 14.3 Å². The molecule has 0 radical (unpaired) electrons. The summed E-state index contributed by atoms with van der Waals surface area (Å²) in [7, 11) is 0. The molecule has 0 bridgehead atoms. The molecule has 3 atom stereocenters. The van der Waals surface area contributed by atoms with Crippen molar-refractivity contribution in [2.24, 2.45) is 0 Å². The van der Waals surface area contributed by atoms with Crippen molar-refractivity contribution in [2.75, 3.05) is 6.61 Å². The number of esters is 1. The van der Waals surface area contributed by atoms with Crippen molar-refractivity contribution in [1.82, 2.24) is 5.32 Å². The van der Waals surface area contributed by atoms with Gasteiger partial charge < -0.3 is 20.3 Å². The summed E-state index contributed by atoms with van der Waals surface area (Å²) >= 11 is 0. The number of ether oxygens (including phenoxy) is 1. The SMILES string of the molecule is CC/C=C/C=C/C=C/C=C\CCCCCCCC(=O)OC(CCCCC/C=C/CCCCCCCCC)CC(=O)NC(CO)C(O)CCCCCCCCCCCC. The number of carbonyl (C=O) groups excluding carboxylic acids is 2. The van der Waals surface area contributed by atoms with E-state index < -0.39 is 18.2 Å². The second kappa shape index (κ2) is 45.6. The van der Waals surface area contributed by atoms with E-state index in [-0.39, 0.29) is 24.9 Å². The molecule has 0 rings (SSSR count). The Morgan fingerprint density at radius 3 is 1.48 bits per heavy atom. The Morgan fingerprint density at radius 2 is 0.948 bits per heavy atom. The number of aliphatic hydroxyl groups excluding tert-OH is 2. The lowest BCUT2D eigenvalue weighted by Crippen LogP contribution is -2.46. The number of unbranched alkanes of at least 4 members (excludes halogenated alkanes) is 24. The summed E-state index contributed by atoms with van der Waals surface area (Å²) < 4.78 is 5.91. The highest BCUT2D eigenvalue weighted by Crippen LogP contribution is 2.17. The number of rotatable bonds is 43. The first-order valence-electron chi connectivity index (χ1n) is 24.6. The zero-order chi connectivity index (χ0) is 42.4. The Labute approximate surface area is 358 Å². The highest BCUT2D eigenvalue weighted by molar-refractivity contribution is 5.77. The van der Waals surface area contributed by atoms with Gasteiger partial charge in [-0.25, -0.2) is 0 Å². The molecule has 0 aliphatic heterocycles. The molecule has 1 amide bonds. The maximum Gasteiger partial charge on any atom is 0.306 e. The van der Waals surface area contributed by atoms with Gasteiger partial charge in [0.05, 0.1) is 25.2 Å². The van der Waals surface area contributed by atoms with E-state index in [1.807, 2.05) is 18.2 Å². The van der Waals surface area contributed by atoms with Gasteiger partial charge in [0, 0.05) is 6.42 Å². The van der Waals surface area contributed by atoms with Crippen molar-refractivity contribution in [1.29, 1.82) is 0 Å². The maximum atomic E-state index is 13.2. The van der Waals surface area contributed by atoms with Crippen molar-refractivity contribution in [3.63, 3.8) is 0 Å². The topological polar surface area (TPSA) is 95.9 Å². The van der Waals surface area contributed by atoms with E-state index in [1.165, 1.54) is 89.9 Å². The van der Waals surface area contributed by atoms with Crippen molar-refractivity contribution in [2.45, 2.75) is 251 Å². The van der Waals surface area contributed by atoms with E-state index in [0.29, 0.717) is 19.3 Å². The highest BCUT2D eigenvalue weighted by Gasteiger charge is 2.24. The third-order valence-electron chi connectivity index (χ3n) is 10.9. The molecule has 0 saturated carbocycles. The van der Waals surface area contributed by atoms with Crippen LogP contribution in [0.1, 0.15) is 233 Å². The number of amides is 1. The van der Waals surface area contributed by atoms with Crippen molar-refractivity contribution < 1.29 is 24.5 Å². The number of hydrogen-bond donors (Lipinski definition) is 3. The summed E-state index contributed by atoms with van der Waals surface area (Å²) in [6, 6.07) is -0.711. The van der Waals surface area contributed by atoms with E-state index >= 15 is 0 Å². The fraction of sp³-hybridized carbons (Fsp3) is 0.769. The molecule has 6 heteroatoms. The fourth-order valence-electron chi connectivity index (χ4n) is 7.20. The normalized spacial score (nSPS) is 13.8. The molecule has 0 heterocycles. The van der Waals surface area contributed by atoms with Gasteiger partial charge in [0.25, 0.3) is 0 Å². The molecule has 6 nitrogen and oxygen atoms in total. The zero-order valence-electron chi connectivity index (χ0n) is 38.2. The largest absolute Gasteiger partial charge is 0.462 e. The number of aliphatic hydroxyl groups is 2. The van der Waals surface area contributed by atoms with Crippen LogP contribution in [0.3, 0.4) is 0 Å². The van der Waals surface area contributed by atoms with Gasteiger partial charge >= 0.3 is 5.97 Å². The molecule has 58 heavy (non-hydrogen) atoms. The van der Waals surface area contributed by atoms with Crippen LogP contribution in [0.2, 0.25) is 0 Å². The van der Waals surface area contributed by atoms with Crippen LogP contribution < -0.4 is 5.32 Å². The molecule has 0 aromatic rings. The van der Waals surface area contributed by atoms with Crippen molar-refractivity contribution >= 4 is 11.9 Å². The first-order chi connectivity index (χ1) is 28.5. The van der Waals surface area contributed by atoms with E-state index in [0.717, 1.165) is 96.3 Å². The lowest BCUT2D eigenvalue weighted by Gasteiger charge is -2.24. The molecule has 0 aromatic carbocycles. The van der Waals surface area contributed by atoms with Crippen LogP contribution in [0.4, 0.5) is 0 Å². The summed E-state index contributed by atoms with van der Waals surface area (Å²) in [6.07, 6.45) is 55.6. The number of carbonyl (C=O) groups is 2. The monoisotopic (exact) mass is 812 g/mol. The van der Waals surface area contributed by atoms with Gasteiger partial charge in [0.15, 0.2) is 0 Å². The third kappa shape index (κ3) is 40.3. The predicted octanol–water partition coefficient (Wildman–Crippen LogP) is 14.5. The summed E-state index contributed by atoms with van der Waals surface area (Å²) in [5.74, 6) is -0.517. The zero-order valence-corrected chi connectivity index (χ0v) is 38.2. The van der Waals surface area contributed by atoms with Gasteiger partial charge in [0.2, 0.25) is 5.91 Å². The van der Waals surface area contributed by atoms with Crippen LogP contribution in [0.25, 0.3) is 0 Å². The second-order valence-electron chi connectivity index (χ2n) is 16.6. The van der Waals surface area contributed by atoms with Crippen molar-refractivity contribution in [3.05, 3.63) is 60.8 Å². The van der Waals surface area contributed by atoms with Crippen LogP contribution >= 0.6 is 0 Å². The summed E-state index contributed by atoms with van der Waals surface area (Å²) in [5.41, 5.74) is 0. The first kappa shape index (κ1) is 55.6. The average Bonchev–Trinajstić information content (AvgIpc) is 3.22. The van der Waals surface area contributed by atoms with E-state index in [2.05, 4.69) is 68.6 Å². The van der Waals surface area contributed by atoms with Gasteiger partial charge in [-0.3, -0.25) is 9.59 Å². The van der Waals surface area contributed by atoms with E-state index in [4.69, 9.17) is 4.74 Å². The second-order valence-corrected chi connectivity index (χ2v) is 16.6. The minimum absolute atomic E-state index is 0.0560. The molecule has 0 spiro atoms. The van der Waals surface area contributed by atoms with Gasteiger partial charge in [0.1, 0.15) is 6.10 Å². The fourth-order valence-corrected chi connectivity index (χ4v) is 7.20. The number of nitrogens with one attached hydrogen (secondary N) is 1. The molecule has 0 aliphatic rings. The summed E-state index contributed by atoms with van der Waals surface area (Å²) in [6.45, 7) is 6.32. The van der Waals surface area contributed by atoms with Gasteiger partial charge in [-0.2, -0.15) is 0 Å². The summed E-state index contributed by atoms with van der Waals surface area (Å²) in [4.78, 5) is 26.1. The van der Waals surface area contributed by atoms with Crippen molar-refractivity contribution in [3.8, 4) is 0 Å². The lowest BCUT2D eigenvalue weighted by atomic mass is 10.0. The minimum atomic E-state index is -0.795. The van der Waals surface area contributed by atoms with Gasteiger partial charge in [-0.1, -0.05) is 210 Å². The quantitative estimate of drug-likeness (QED) is 0.0247. The highest BCUT2D eigenvalue weighted by atomic mass is 16.5. The van der Waals surface area contributed by atoms with Crippen LogP contribution in [-0.4, -0.2) is 46.9 Å². The number of allylic oxidation sites excluding steroid dienone is 10. The molecule has 336 valence electrons. The van der Waals surface area contributed by atoms with E-state index in [9.17, 15) is 19.8 Å². The van der Waals surface area contributed by atoms with Gasteiger partial charge in [-0.05, 0) is 70.6 Å². The number of hydrogen-bond acceptors (Lipinski definition) is 5. The summed E-state index contributed by atoms with van der Waals surface area (Å²) in [5, 5.41) is 23.7. The molecular weight excluding hydrogens is 719 g/mol.